The zero-order chi connectivity index (χ0) is 15.2. The van der Waals surface area contributed by atoms with Gasteiger partial charge in [-0.25, -0.2) is 8.42 Å². The lowest BCUT2D eigenvalue weighted by molar-refractivity contribution is -0.137. The van der Waals surface area contributed by atoms with Crippen LogP contribution in [0.25, 0.3) is 0 Å². The van der Waals surface area contributed by atoms with E-state index in [9.17, 15) is 18.0 Å². The molecule has 0 aromatic carbocycles. The standard InChI is InChI=1S/C11H20N2O6S/c14-4-2-12-10(16)9(11(17)13-3-5-15)8-1-6-20(18,19)7-8/h8-9,14-15H,1-7H2,(H,12,16)(H,13,17)/t8-/m1/s1. The Balaban J connectivity index is 2.78. The molecule has 1 fully saturated rings. The van der Waals surface area contributed by atoms with Gasteiger partial charge in [0.25, 0.3) is 0 Å². The number of nitrogens with one attached hydrogen (secondary N) is 2. The molecule has 4 N–H and O–H groups in total. The van der Waals surface area contributed by atoms with Gasteiger partial charge in [-0.05, 0) is 12.3 Å². The zero-order valence-corrected chi connectivity index (χ0v) is 11.9. The summed E-state index contributed by atoms with van der Waals surface area (Å²) in [4.78, 5) is 23.9. The second-order valence-electron chi connectivity index (χ2n) is 4.67. The summed E-state index contributed by atoms with van der Waals surface area (Å²) in [7, 11) is -3.21. The average molecular weight is 308 g/mol. The Labute approximate surface area is 117 Å². The first-order valence-corrected chi connectivity index (χ1v) is 8.21. The molecule has 0 aliphatic carbocycles. The second-order valence-corrected chi connectivity index (χ2v) is 6.90. The Morgan fingerprint density at radius 3 is 1.95 bits per heavy atom. The molecule has 0 aromatic rings. The molecule has 116 valence electrons. The highest BCUT2D eigenvalue weighted by atomic mass is 32.2. The largest absolute Gasteiger partial charge is 0.395 e. The second kappa shape index (κ2) is 7.55. The fraction of sp³-hybridized carbons (Fsp3) is 0.818. The van der Waals surface area contributed by atoms with Crippen LogP contribution in [0.4, 0.5) is 0 Å². The van der Waals surface area contributed by atoms with Crippen LogP contribution in [-0.2, 0) is 19.4 Å². The molecule has 8 nitrogen and oxygen atoms in total. The lowest BCUT2D eigenvalue weighted by Gasteiger charge is -2.20. The minimum absolute atomic E-state index is 0.00207. The summed E-state index contributed by atoms with van der Waals surface area (Å²) in [6, 6.07) is 0. The number of carbonyl (C=O) groups excluding carboxylic acids is 2. The van der Waals surface area contributed by atoms with Crippen LogP contribution in [0, 0.1) is 11.8 Å². The first kappa shape index (κ1) is 16.9. The third-order valence-corrected chi connectivity index (χ3v) is 4.92. The van der Waals surface area contributed by atoms with E-state index in [2.05, 4.69) is 10.6 Å². The molecular weight excluding hydrogens is 288 g/mol. The minimum atomic E-state index is -3.21. The van der Waals surface area contributed by atoms with Crippen molar-refractivity contribution < 1.29 is 28.2 Å². The van der Waals surface area contributed by atoms with E-state index in [1.54, 1.807) is 0 Å². The van der Waals surface area contributed by atoms with Crippen molar-refractivity contribution >= 4 is 21.7 Å². The highest BCUT2D eigenvalue weighted by Crippen LogP contribution is 2.26. The third kappa shape index (κ3) is 4.73. The minimum Gasteiger partial charge on any atom is -0.395 e. The molecule has 1 aliphatic rings. The number of sulfone groups is 1. The molecule has 20 heavy (non-hydrogen) atoms. The van der Waals surface area contributed by atoms with Crippen LogP contribution in [0.15, 0.2) is 0 Å². The van der Waals surface area contributed by atoms with E-state index in [0.29, 0.717) is 0 Å². The van der Waals surface area contributed by atoms with Crippen LogP contribution in [0.3, 0.4) is 0 Å². The van der Waals surface area contributed by atoms with E-state index in [0.717, 1.165) is 0 Å². The summed E-state index contributed by atoms with van der Waals surface area (Å²) in [5.41, 5.74) is 0. The van der Waals surface area contributed by atoms with Crippen LogP contribution in [-0.4, -0.2) is 68.3 Å². The summed E-state index contributed by atoms with van der Waals surface area (Å²) in [6.07, 6.45) is 0.256. The Kier molecular flexibility index (Phi) is 6.37. The first-order chi connectivity index (χ1) is 9.41. The van der Waals surface area contributed by atoms with Crippen molar-refractivity contribution in [3.8, 4) is 0 Å². The van der Waals surface area contributed by atoms with Crippen molar-refractivity contribution in [1.29, 1.82) is 0 Å². The van der Waals surface area contributed by atoms with Crippen molar-refractivity contribution in [3.63, 3.8) is 0 Å². The summed E-state index contributed by atoms with van der Waals surface area (Å²) in [5, 5.41) is 22.1. The van der Waals surface area contributed by atoms with Gasteiger partial charge >= 0.3 is 0 Å². The third-order valence-electron chi connectivity index (χ3n) is 3.13. The summed E-state index contributed by atoms with van der Waals surface area (Å²) in [6.45, 7) is -0.524. The molecule has 0 spiro atoms. The van der Waals surface area contributed by atoms with E-state index < -0.39 is 33.5 Å². The molecule has 1 aliphatic heterocycles. The fourth-order valence-corrected chi connectivity index (χ4v) is 4.05. The zero-order valence-electron chi connectivity index (χ0n) is 11.0. The van der Waals surface area contributed by atoms with E-state index in [-0.39, 0.29) is 44.2 Å². The van der Waals surface area contributed by atoms with Gasteiger partial charge in [0.2, 0.25) is 11.8 Å². The molecule has 1 atom stereocenters. The summed E-state index contributed by atoms with van der Waals surface area (Å²) < 4.78 is 23.0. The van der Waals surface area contributed by atoms with Crippen molar-refractivity contribution in [2.75, 3.05) is 37.8 Å². The molecule has 0 bridgehead atoms. The number of aliphatic hydroxyl groups excluding tert-OH is 2. The number of hydrogen-bond acceptors (Lipinski definition) is 6. The van der Waals surface area contributed by atoms with Gasteiger partial charge in [-0.2, -0.15) is 0 Å². The maximum atomic E-state index is 12.0. The lowest BCUT2D eigenvalue weighted by Crippen LogP contribution is -2.46. The predicted octanol–water partition coefficient (Wildman–Crippen LogP) is -2.75. The monoisotopic (exact) mass is 308 g/mol. The number of carbonyl (C=O) groups is 2. The molecule has 0 radical (unpaired) electrons. The predicted molar refractivity (Wildman–Crippen MR) is 70.4 cm³/mol. The maximum Gasteiger partial charge on any atom is 0.232 e. The molecule has 2 amide bonds. The molecule has 0 saturated carbocycles. The SMILES string of the molecule is O=C(NCCO)C(C(=O)NCCO)[C@@H]1CCS(=O)(=O)C1. The Bertz CT molecular complexity index is 430. The Morgan fingerprint density at radius 1 is 1.10 bits per heavy atom. The Hall–Kier alpha value is -1.19. The van der Waals surface area contributed by atoms with Crippen LogP contribution in [0.2, 0.25) is 0 Å². The van der Waals surface area contributed by atoms with Crippen LogP contribution in [0.1, 0.15) is 6.42 Å². The van der Waals surface area contributed by atoms with Gasteiger partial charge in [-0.3, -0.25) is 9.59 Å². The highest BCUT2D eigenvalue weighted by molar-refractivity contribution is 7.91. The molecular formula is C11H20N2O6S. The number of rotatable bonds is 7. The van der Waals surface area contributed by atoms with Gasteiger partial charge in [0.1, 0.15) is 5.92 Å². The summed E-state index contributed by atoms with van der Waals surface area (Å²) in [5.74, 6) is -3.12. The molecule has 9 heteroatoms. The van der Waals surface area contributed by atoms with Crippen molar-refractivity contribution in [2.24, 2.45) is 11.8 Å². The van der Waals surface area contributed by atoms with E-state index in [1.807, 2.05) is 0 Å². The lowest BCUT2D eigenvalue weighted by atomic mass is 9.90. The average Bonchev–Trinajstić information content (AvgIpc) is 2.74. The number of hydrogen-bond donors (Lipinski definition) is 4. The molecule has 1 rings (SSSR count). The van der Waals surface area contributed by atoms with Gasteiger partial charge in [-0.1, -0.05) is 0 Å². The molecule has 1 saturated heterocycles. The van der Waals surface area contributed by atoms with Gasteiger partial charge in [0.05, 0.1) is 24.7 Å². The quantitative estimate of drug-likeness (QED) is 0.377. The maximum absolute atomic E-state index is 12.0. The van der Waals surface area contributed by atoms with Gasteiger partial charge < -0.3 is 20.8 Å². The molecule has 1 heterocycles. The highest BCUT2D eigenvalue weighted by Gasteiger charge is 2.41. The van der Waals surface area contributed by atoms with Gasteiger partial charge in [0, 0.05) is 13.1 Å². The Morgan fingerprint density at radius 2 is 1.60 bits per heavy atom. The van der Waals surface area contributed by atoms with Gasteiger partial charge in [0.15, 0.2) is 9.84 Å². The van der Waals surface area contributed by atoms with E-state index >= 15 is 0 Å². The topological polar surface area (TPSA) is 133 Å². The fourth-order valence-electron chi connectivity index (χ4n) is 2.21. The van der Waals surface area contributed by atoms with Crippen molar-refractivity contribution in [3.05, 3.63) is 0 Å². The summed E-state index contributed by atoms with van der Waals surface area (Å²) >= 11 is 0. The van der Waals surface area contributed by atoms with Crippen LogP contribution in [0.5, 0.6) is 0 Å². The van der Waals surface area contributed by atoms with E-state index in [4.69, 9.17) is 10.2 Å². The molecule has 0 aromatic heterocycles. The smallest absolute Gasteiger partial charge is 0.232 e. The number of aliphatic hydroxyl groups is 2. The van der Waals surface area contributed by atoms with E-state index in [1.165, 1.54) is 0 Å². The van der Waals surface area contributed by atoms with Gasteiger partial charge in [-0.15, -0.1) is 0 Å². The first-order valence-electron chi connectivity index (χ1n) is 6.39. The van der Waals surface area contributed by atoms with Crippen molar-refractivity contribution in [2.45, 2.75) is 6.42 Å². The molecule has 0 unspecified atom stereocenters. The van der Waals surface area contributed by atoms with Crippen molar-refractivity contribution in [1.82, 2.24) is 10.6 Å². The van der Waals surface area contributed by atoms with Crippen LogP contribution >= 0.6 is 0 Å². The number of amides is 2. The normalized spacial score (nSPS) is 20.9. The van der Waals surface area contributed by atoms with Crippen LogP contribution < -0.4 is 10.6 Å².